The number of ether oxygens (including phenoxy) is 3. The van der Waals surface area contributed by atoms with Crippen LogP contribution in [0.25, 0.3) is 10.9 Å². The Hall–Kier alpha value is -3.33. The smallest absolute Gasteiger partial charge is 0.407 e. The summed E-state index contributed by atoms with van der Waals surface area (Å²) in [6.07, 6.45) is 1.50. The fourth-order valence-corrected chi connectivity index (χ4v) is 3.09. The molecule has 0 aliphatic carbocycles. The lowest BCUT2D eigenvalue weighted by Gasteiger charge is -2.19. The van der Waals surface area contributed by atoms with Crippen LogP contribution in [0.15, 0.2) is 36.7 Å². The van der Waals surface area contributed by atoms with Gasteiger partial charge in [0.25, 0.3) is 0 Å². The monoisotopic (exact) mass is 476 g/mol. The number of alkyl carbamates (subject to hydrolysis) is 1. The number of rotatable bonds is 8. The molecule has 0 saturated heterocycles. The number of carbonyl (C=O) groups excluding carboxylic acids is 1. The lowest BCUT2D eigenvalue weighted by Crippen LogP contribution is -2.33. The van der Waals surface area contributed by atoms with Crippen LogP contribution in [0.4, 0.5) is 20.7 Å². The molecule has 0 fully saturated rings. The van der Waals surface area contributed by atoms with Gasteiger partial charge in [-0.05, 0) is 51.5 Å². The van der Waals surface area contributed by atoms with Crippen molar-refractivity contribution in [1.82, 2.24) is 15.3 Å². The number of amides is 1. The fraction of sp³-hybridized carbons (Fsp3) is 0.348. The molecule has 1 heterocycles. The number of benzene rings is 2. The van der Waals surface area contributed by atoms with Gasteiger partial charge in [0.15, 0.2) is 11.5 Å². The Kier molecular flexibility index (Phi) is 7.75. The van der Waals surface area contributed by atoms with E-state index in [2.05, 4.69) is 20.6 Å². The molecule has 0 radical (unpaired) electrons. The first-order chi connectivity index (χ1) is 15.7. The van der Waals surface area contributed by atoms with Crippen LogP contribution in [0, 0.1) is 5.82 Å². The summed E-state index contributed by atoms with van der Waals surface area (Å²) in [6, 6.07) is 7.82. The first-order valence-corrected chi connectivity index (χ1v) is 10.7. The number of methoxy groups -OCH3 is 1. The topological polar surface area (TPSA) is 94.6 Å². The standard InChI is InChI=1S/C23H26ClFN4O4/c1-23(2,3)33-22(30)26-8-5-9-32-20-11-15-18(12-19(20)31-4)27-13-28-21(15)29-14-6-7-17(25)16(24)10-14/h6-7,10-13H,5,8-9H2,1-4H3,(H,26,30)(H,27,28,29). The van der Waals surface area contributed by atoms with E-state index in [4.69, 9.17) is 25.8 Å². The van der Waals surface area contributed by atoms with Gasteiger partial charge in [0.2, 0.25) is 0 Å². The molecule has 8 nitrogen and oxygen atoms in total. The lowest BCUT2D eigenvalue weighted by molar-refractivity contribution is 0.0525. The van der Waals surface area contributed by atoms with E-state index < -0.39 is 17.5 Å². The average Bonchev–Trinajstić information content (AvgIpc) is 2.74. The summed E-state index contributed by atoms with van der Waals surface area (Å²) >= 11 is 5.88. The van der Waals surface area contributed by atoms with E-state index in [1.54, 1.807) is 46.1 Å². The number of nitrogens with zero attached hydrogens (tertiary/aromatic N) is 2. The number of hydrogen-bond acceptors (Lipinski definition) is 7. The molecule has 0 saturated carbocycles. The van der Waals surface area contributed by atoms with Gasteiger partial charge in [0, 0.05) is 23.7 Å². The summed E-state index contributed by atoms with van der Waals surface area (Å²) in [5.74, 6) is 1.01. The summed E-state index contributed by atoms with van der Waals surface area (Å²) in [5, 5.41) is 6.50. The predicted molar refractivity (Wildman–Crippen MR) is 125 cm³/mol. The lowest BCUT2D eigenvalue weighted by atomic mass is 10.2. The van der Waals surface area contributed by atoms with Gasteiger partial charge in [-0.3, -0.25) is 0 Å². The molecule has 0 aliphatic rings. The van der Waals surface area contributed by atoms with E-state index in [1.807, 2.05) is 0 Å². The normalized spacial score (nSPS) is 11.2. The van der Waals surface area contributed by atoms with Crippen molar-refractivity contribution in [2.75, 3.05) is 25.6 Å². The molecule has 0 unspecified atom stereocenters. The van der Waals surface area contributed by atoms with Crippen LogP contribution < -0.4 is 20.1 Å². The third-order valence-corrected chi connectivity index (χ3v) is 4.64. The minimum Gasteiger partial charge on any atom is -0.493 e. The van der Waals surface area contributed by atoms with Crippen molar-refractivity contribution in [2.24, 2.45) is 0 Å². The van der Waals surface area contributed by atoms with Gasteiger partial charge in [0.05, 0.1) is 24.3 Å². The third kappa shape index (κ3) is 6.82. The van der Waals surface area contributed by atoms with Gasteiger partial charge in [-0.1, -0.05) is 11.6 Å². The highest BCUT2D eigenvalue weighted by atomic mass is 35.5. The van der Waals surface area contributed by atoms with E-state index >= 15 is 0 Å². The molecule has 0 spiro atoms. The van der Waals surface area contributed by atoms with Crippen LogP contribution in [0.5, 0.6) is 11.5 Å². The maximum atomic E-state index is 13.5. The molecule has 3 rings (SSSR count). The number of fused-ring (bicyclic) bond motifs is 1. The van der Waals surface area contributed by atoms with Gasteiger partial charge in [-0.25, -0.2) is 19.2 Å². The van der Waals surface area contributed by atoms with Crippen molar-refractivity contribution in [3.8, 4) is 11.5 Å². The molecule has 1 aromatic heterocycles. The molecule has 1 amide bonds. The average molecular weight is 477 g/mol. The maximum Gasteiger partial charge on any atom is 0.407 e. The summed E-state index contributed by atoms with van der Waals surface area (Å²) in [7, 11) is 1.54. The molecule has 10 heteroatoms. The summed E-state index contributed by atoms with van der Waals surface area (Å²) < 4.78 is 30.0. The zero-order valence-electron chi connectivity index (χ0n) is 18.9. The number of carbonyl (C=O) groups is 1. The van der Waals surface area contributed by atoms with E-state index in [9.17, 15) is 9.18 Å². The number of anilines is 2. The number of hydrogen-bond donors (Lipinski definition) is 2. The van der Waals surface area contributed by atoms with Gasteiger partial charge in [-0.2, -0.15) is 0 Å². The molecule has 0 atom stereocenters. The van der Waals surface area contributed by atoms with E-state index in [1.165, 1.54) is 18.5 Å². The van der Waals surface area contributed by atoms with Crippen molar-refractivity contribution in [1.29, 1.82) is 0 Å². The van der Waals surface area contributed by atoms with E-state index in [0.29, 0.717) is 53.5 Å². The highest BCUT2D eigenvalue weighted by Crippen LogP contribution is 2.35. The van der Waals surface area contributed by atoms with Crippen LogP contribution >= 0.6 is 11.6 Å². The Morgan fingerprint density at radius 1 is 1.15 bits per heavy atom. The van der Waals surface area contributed by atoms with Gasteiger partial charge < -0.3 is 24.8 Å². The van der Waals surface area contributed by atoms with Gasteiger partial charge in [-0.15, -0.1) is 0 Å². The zero-order chi connectivity index (χ0) is 24.0. The first kappa shape index (κ1) is 24.3. The highest BCUT2D eigenvalue weighted by molar-refractivity contribution is 6.31. The molecule has 0 bridgehead atoms. The zero-order valence-corrected chi connectivity index (χ0v) is 19.6. The Bertz CT molecular complexity index is 1140. The minimum absolute atomic E-state index is 0.00374. The first-order valence-electron chi connectivity index (χ1n) is 10.3. The van der Waals surface area contributed by atoms with Crippen LogP contribution in [-0.2, 0) is 4.74 Å². The Morgan fingerprint density at radius 3 is 2.64 bits per heavy atom. The maximum absolute atomic E-state index is 13.5. The quantitative estimate of drug-likeness (QED) is 0.416. The second kappa shape index (κ2) is 10.5. The SMILES string of the molecule is COc1cc2ncnc(Nc3ccc(F)c(Cl)c3)c2cc1OCCCNC(=O)OC(C)(C)C. The van der Waals surface area contributed by atoms with Crippen molar-refractivity contribution in [3.63, 3.8) is 0 Å². The predicted octanol–water partition coefficient (Wildman–Crippen LogP) is 5.47. The molecule has 3 aromatic rings. The molecule has 2 N–H and O–H groups in total. The van der Waals surface area contributed by atoms with Gasteiger partial charge >= 0.3 is 6.09 Å². The van der Waals surface area contributed by atoms with E-state index in [-0.39, 0.29) is 5.02 Å². The van der Waals surface area contributed by atoms with Crippen molar-refractivity contribution < 1.29 is 23.4 Å². The van der Waals surface area contributed by atoms with Crippen molar-refractivity contribution in [3.05, 3.63) is 47.5 Å². The van der Waals surface area contributed by atoms with Crippen molar-refractivity contribution in [2.45, 2.75) is 32.8 Å². The third-order valence-electron chi connectivity index (χ3n) is 4.35. The largest absolute Gasteiger partial charge is 0.493 e. The minimum atomic E-state index is -0.549. The second-order valence-corrected chi connectivity index (χ2v) is 8.53. The molecular formula is C23H26ClFN4O4. The molecule has 176 valence electrons. The van der Waals surface area contributed by atoms with Crippen LogP contribution in [-0.4, -0.2) is 41.9 Å². The second-order valence-electron chi connectivity index (χ2n) is 8.13. The molecular weight excluding hydrogens is 451 g/mol. The van der Waals surface area contributed by atoms with Crippen LogP contribution in [0.2, 0.25) is 5.02 Å². The fourth-order valence-electron chi connectivity index (χ4n) is 2.91. The van der Waals surface area contributed by atoms with Crippen LogP contribution in [0.3, 0.4) is 0 Å². The highest BCUT2D eigenvalue weighted by Gasteiger charge is 2.16. The number of aromatic nitrogens is 2. The molecule has 2 aromatic carbocycles. The van der Waals surface area contributed by atoms with Crippen molar-refractivity contribution >= 4 is 40.1 Å². The Balaban J connectivity index is 1.70. The molecule has 0 aliphatic heterocycles. The van der Waals surface area contributed by atoms with Gasteiger partial charge in [0.1, 0.15) is 23.6 Å². The Labute approximate surface area is 196 Å². The molecule has 33 heavy (non-hydrogen) atoms. The summed E-state index contributed by atoms with van der Waals surface area (Å²) in [6.45, 7) is 6.14. The van der Waals surface area contributed by atoms with E-state index in [0.717, 1.165) is 0 Å². The summed E-state index contributed by atoms with van der Waals surface area (Å²) in [4.78, 5) is 20.3. The number of halogens is 2. The number of nitrogens with one attached hydrogen (secondary N) is 2. The Morgan fingerprint density at radius 2 is 1.94 bits per heavy atom. The van der Waals surface area contributed by atoms with Crippen LogP contribution in [0.1, 0.15) is 27.2 Å². The summed E-state index contributed by atoms with van der Waals surface area (Å²) in [5.41, 5.74) is 0.663.